The van der Waals surface area contributed by atoms with Crippen molar-refractivity contribution in [3.8, 4) is 11.5 Å². The van der Waals surface area contributed by atoms with E-state index in [4.69, 9.17) is 10.6 Å². The molecule has 3 heteroatoms. The zero-order chi connectivity index (χ0) is 6.97. The molecule has 0 radical (unpaired) electrons. The number of hydrogen-bond acceptors (Lipinski definition) is 2. The molecule has 0 bridgehead atoms. The van der Waals surface area contributed by atoms with Crippen molar-refractivity contribution >= 4 is 7.65 Å². The summed E-state index contributed by atoms with van der Waals surface area (Å²) in [5.41, 5.74) is 0. The average Bonchev–Trinajstić information content (AvgIpc) is 2.27. The first-order chi connectivity index (χ1) is 4.86. The summed E-state index contributed by atoms with van der Waals surface area (Å²) in [7, 11) is -0.877. The van der Waals surface area contributed by atoms with Crippen LogP contribution in [-0.2, 0) is 0 Å². The van der Waals surface area contributed by atoms with Gasteiger partial charge >= 0.3 is 7.65 Å². The predicted molar refractivity (Wildman–Crippen MR) is 34.8 cm³/mol. The Balaban J connectivity index is 2.42. The van der Waals surface area contributed by atoms with E-state index in [1.807, 2.05) is 12.1 Å². The Morgan fingerprint density at radius 1 is 1.22 bits per heavy atom. The van der Waals surface area contributed by atoms with Crippen LogP contribution in [0.2, 0.25) is 0 Å². The Hall–Kier alpha value is -1.12. The molecule has 9 heavy (non-hydrogen) atoms. The standard InChI is InChI=1S/C6H5BO2/c1-2-4-6-5(3-1)8-7-9-6/h1-4,7H/i7D. The fourth-order valence-corrected chi connectivity index (χ4v) is 0.773. The van der Waals surface area contributed by atoms with Crippen LogP contribution in [0.3, 0.4) is 0 Å². The normalized spacial score (nSPS) is 15.6. The lowest BCUT2D eigenvalue weighted by Gasteiger charge is -1.92. The van der Waals surface area contributed by atoms with Gasteiger partial charge in [-0.05, 0) is 12.1 Å². The molecule has 0 atom stereocenters. The molecule has 0 aliphatic carbocycles. The van der Waals surface area contributed by atoms with Gasteiger partial charge in [-0.1, -0.05) is 12.1 Å². The summed E-state index contributed by atoms with van der Waals surface area (Å²) >= 11 is 0. The van der Waals surface area contributed by atoms with Gasteiger partial charge in [0.1, 0.15) is 11.5 Å². The summed E-state index contributed by atoms with van der Waals surface area (Å²) in [4.78, 5) is 0. The van der Waals surface area contributed by atoms with Gasteiger partial charge in [-0.3, -0.25) is 0 Å². The highest BCUT2D eigenvalue weighted by Crippen LogP contribution is 2.29. The first kappa shape index (κ1) is 3.83. The molecule has 0 saturated carbocycles. The summed E-state index contributed by atoms with van der Waals surface area (Å²) in [6.07, 6.45) is 0. The van der Waals surface area contributed by atoms with Crippen LogP contribution in [0.4, 0.5) is 0 Å². The summed E-state index contributed by atoms with van der Waals surface area (Å²) in [5.74, 6) is 1.31. The van der Waals surface area contributed by atoms with Crippen LogP contribution >= 0.6 is 0 Å². The smallest absolute Gasteiger partial charge is 0.526 e. The van der Waals surface area contributed by atoms with Gasteiger partial charge in [0, 0.05) is 0 Å². The molecule has 0 N–H and O–H groups in total. The van der Waals surface area contributed by atoms with Gasteiger partial charge < -0.3 is 9.31 Å². The lowest BCUT2D eigenvalue weighted by Crippen LogP contribution is -1.99. The SMILES string of the molecule is [2H]B1Oc2ccccc2O1. The van der Waals surface area contributed by atoms with Crippen molar-refractivity contribution in [3.63, 3.8) is 0 Å². The molecule has 1 heterocycles. The lowest BCUT2D eigenvalue weighted by molar-refractivity contribution is 0.541. The average molecular weight is 121 g/mol. The predicted octanol–water partition coefficient (Wildman–Crippen LogP) is 0.724. The maximum absolute atomic E-state index is 7.07. The minimum atomic E-state index is -0.877. The Labute approximate surface area is 55.1 Å². The molecular weight excluding hydrogens is 115 g/mol. The first-order valence-corrected chi connectivity index (χ1v) is 2.71. The van der Waals surface area contributed by atoms with Crippen molar-refractivity contribution < 1.29 is 9.31 Å². The molecule has 2 rings (SSSR count). The molecule has 44 valence electrons. The fraction of sp³-hybridized carbons (Fsp3) is 0. The van der Waals surface area contributed by atoms with E-state index in [-0.39, 0.29) is 0 Å². The topological polar surface area (TPSA) is 18.5 Å². The van der Waals surface area contributed by atoms with Gasteiger partial charge in [-0.25, -0.2) is 0 Å². The van der Waals surface area contributed by atoms with Gasteiger partial charge in [0.25, 0.3) is 0 Å². The Morgan fingerprint density at radius 2 is 1.78 bits per heavy atom. The third kappa shape index (κ3) is 0.651. The zero-order valence-corrected chi connectivity index (χ0v) is 4.70. The molecule has 1 aromatic carbocycles. The molecular formula is C6H5BO2. The van der Waals surface area contributed by atoms with Crippen LogP contribution in [0.1, 0.15) is 0 Å². The van der Waals surface area contributed by atoms with Crippen LogP contribution in [0, 0.1) is 0 Å². The van der Waals surface area contributed by atoms with Crippen molar-refractivity contribution in [2.45, 2.75) is 0 Å². The Morgan fingerprint density at radius 3 is 2.33 bits per heavy atom. The van der Waals surface area contributed by atoms with Gasteiger partial charge in [0.2, 0.25) is 0 Å². The number of para-hydroxylation sites is 2. The third-order valence-electron chi connectivity index (χ3n) is 1.20. The summed E-state index contributed by atoms with van der Waals surface area (Å²) in [6, 6.07) is 7.26. The number of hydrogen-bond donors (Lipinski definition) is 0. The molecule has 2 nitrogen and oxygen atoms in total. The molecule has 1 aliphatic heterocycles. The highest BCUT2D eigenvalue weighted by molar-refractivity contribution is 6.22. The van der Waals surface area contributed by atoms with Crippen molar-refractivity contribution in [1.29, 1.82) is 1.34 Å². The van der Waals surface area contributed by atoms with Crippen molar-refractivity contribution in [2.24, 2.45) is 0 Å². The molecule has 1 aromatic rings. The molecule has 0 saturated heterocycles. The van der Waals surface area contributed by atoms with Gasteiger partial charge in [0.15, 0.2) is 0 Å². The van der Waals surface area contributed by atoms with E-state index in [2.05, 4.69) is 0 Å². The number of benzene rings is 1. The van der Waals surface area contributed by atoms with Crippen LogP contribution in [0.5, 0.6) is 11.5 Å². The zero-order valence-electron chi connectivity index (χ0n) is 5.70. The van der Waals surface area contributed by atoms with Crippen LogP contribution in [0.25, 0.3) is 0 Å². The maximum Gasteiger partial charge on any atom is 0.576 e. The molecule has 0 spiro atoms. The highest BCUT2D eigenvalue weighted by Gasteiger charge is 2.12. The van der Waals surface area contributed by atoms with Crippen LogP contribution in [0.15, 0.2) is 24.3 Å². The molecule has 0 amide bonds. The van der Waals surface area contributed by atoms with E-state index < -0.39 is 7.65 Å². The molecule has 0 unspecified atom stereocenters. The quantitative estimate of drug-likeness (QED) is 0.471. The van der Waals surface area contributed by atoms with Crippen molar-refractivity contribution in [2.75, 3.05) is 0 Å². The van der Waals surface area contributed by atoms with Crippen LogP contribution in [-0.4, -0.2) is 8.98 Å². The number of fused-ring (bicyclic) bond motifs is 1. The largest absolute Gasteiger partial charge is 0.576 e. The van der Waals surface area contributed by atoms with Gasteiger partial charge in [0.05, 0.1) is 1.34 Å². The van der Waals surface area contributed by atoms with E-state index in [9.17, 15) is 0 Å². The van der Waals surface area contributed by atoms with E-state index in [1.165, 1.54) is 0 Å². The summed E-state index contributed by atoms with van der Waals surface area (Å²) in [5, 5.41) is 0. The van der Waals surface area contributed by atoms with E-state index in [0.717, 1.165) is 0 Å². The Bertz CT molecular complexity index is 228. The summed E-state index contributed by atoms with van der Waals surface area (Å²) in [6.45, 7) is 0. The minimum absolute atomic E-state index is 0.655. The second-order valence-corrected chi connectivity index (χ2v) is 1.78. The monoisotopic (exact) mass is 121 g/mol. The van der Waals surface area contributed by atoms with Gasteiger partial charge in [-0.15, -0.1) is 0 Å². The molecule has 0 fully saturated rings. The van der Waals surface area contributed by atoms with Crippen molar-refractivity contribution in [3.05, 3.63) is 24.3 Å². The number of rotatable bonds is 0. The molecule has 1 aliphatic rings. The first-order valence-electron chi connectivity index (χ1n) is 3.28. The molecule has 0 aromatic heterocycles. The Kier molecular flexibility index (Phi) is 0.717. The van der Waals surface area contributed by atoms with Crippen LogP contribution < -0.4 is 9.31 Å². The van der Waals surface area contributed by atoms with E-state index >= 15 is 0 Å². The maximum atomic E-state index is 7.07. The summed E-state index contributed by atoms with van der Waals surface area (Å²) < 4.78 is 17.0. The third-order valence-corrected chi connectivity index (χ3v) is 1.20. The highest BCUT2D eigenvalue weighted by atomic mass is 16.6. The van der Waals surface area contributed by atoms with Gasteiger partial charge in [-0.2, -0.15) is 0 Å². The van der Waals surface area contributed by atoms with E-state index in [0.29, 0.717) is 11.5 Å². The fourth-order valence-electron chi connectivity index (χ4n) is 0.773. The lowest BCUT2D eigenvalue weighted by atomic mass is 10.3. The van der Waals surface area contributed by atoms with Crippen molar-refractivity contribution in [1.82, 2.24) is 0 Å². The second kappa shape index (κ2) is 1.69. The minimum Gasteiger partial charge on any atom is -0.526 e. The second-order valence-electron chi connectivity index (χ2n) is 1.78. The van der Waals surface area contributed by atoms with E-state index in [1.54, 1.807) is 12.1 Å².